The van der Waals surface area contributed by atoms with Gasteiger partial charge in [-0.2, -0.15) is 13.2 Å². The summed E-state index contributed by atoms with van der Waals surface area (Å²) in [5, 5.41) is 0. The number of halogens is 4. The Morgan fingerprint density at radius 2 is 1.86 bits per heavy atom. The Morgan fingerprint density at radius 1 is 1.14 bits per heavy atom. The molecule has 4 rings (SSSR count). The summed E-state index contributed by atoms with van der Waals surface area (Å²) in [4.78, 5) is 16.0. The van der Waals surface area contributed by atoms with Gasteiger partial charge in [-0.05, 0) is 49.2 Å². The van der Waals surface area contributed by atoms with Crippen molar-refractivity contribution in [3.8, 4) is 5.75 Å². The topological polar surface area (TPSA) is 88.2 Å². The van der Waals surface area contributed by atoms with E-state index in [-0.39, 0.29) is 43.7 Å². The van der Waals surface area contributed by atoms with E-state index in [9.17, 15) is 30.8 Å². The number of piperazine rings is 1. The van der Waals surface area contributed by atoms with Crippen LogP contribution in [-0.2, 0) is 20.9 Å². The van der Waals surface area contributed by atoms with E-state index in [0.717, 1.165) is 25.0 Å². The lowest BCUT2D eigenvalue weighted by Crippen LogP contribution is -2.49. The number of alkyl halides is 3. The van der Waals surface area contributed by atoms with Gasteiger partial charge in [-0.15, -0.1) is 0 Å². The molecule has 1 amide bonds. The minimum absolute atomic E-state index is 0.0286. The lowest BCUT2D eigenvalue weighted by molar-refractivity contribution is -0.138. The zero-order valence-corrected chi connectivity index (χ0v) is 20.9. The predicted molar refractivity (Wildman–Crippen MR) is 127 cm³/mol. The molecule has 13 heteroatoms. The standard InChI is InChI=1S/C24H27F4N3O5S/c1-35-22-7-5-18(37(33,34)29-15-17-3-2-12-36-17)14-21(22)30-8-10-31(11-9-30)23(32)19-6-4-16(25)13-20(19)24(26,27)28/h4-7,13-14,17,29H,2-3,8-12,15H2,1H3. The van der Waals surface area contributed by atoms with Crippen molar-refractivity contribution in [3.63, 3.8) is 0 Å². The van der Waals surface area contributed by atoms with Gasteiger partial charge in [-0.1, -0.05) is 0 Å². The minimum atomic E-state index is -4.88. The van der Waals surface area contributed by atoms with Crippen molar-refractivity contribution in [1.29, 1.82) is 0 Å². The number of nitrogens with one attached hydrogen (secondary N) is 1. The number of rotatable bonds is 7. The van der Waals surface area contributed by atoms with E-state index < -0.39 is 39.1 Å². The SMILES string of the molecule is COc1ccc(S(=O)(=O)NCC2CCCO2)cc1N1CCN(C(=O)c2ccc(F)cc2C(F)(F)F)CC1. The quantitative estimate of drug-likeness (QED) is 0.538. The molecular weight excluding hydrogens is 518 g/mol. The highest BCUT2D eigenvalue weighted by molar-refractivity contribution is 7.89. The first kappa shape index (κ1) is 27.1. The molecular formula is C24H27F4N3O5S. The average Bonchev–Trinajstić information content (AvgIpc) is 3.40. The summed E-state index contributed by atoms with van der Waals surface area (Å²) in [7, 11) is -2.39. The summed E-state index contributed by atoms with van der Waals surface area (Å²) in [5.41, 5.74) is -1.47. The van der Waals surface area contributed by atoms with Gasteiger partial charge in [-0.25, -0.2) is 17.5 Å². The zero-order valence-electron chi connectivity index (χ0n) is 20.1. The smallest absolute Gasteiger partial charge is 0.417 e. The van der Waals surface area contributed by atoms with Crippen LogP contribution in [0.5, 0.6) is 5.75 Å². The van der Waals surface area contributed by atoms with E-state index in [2.05, 4.69) is 4.72 Å². The zero-order chi connectivity index (χ0) is 26.8. The number of sulfonamides is 1. The Kier molecular flexibility index (Phi) is 7.95. The van der Waals surface area contributed by atoms with Crippen molar-refractivity contribution in [3.05, 3.63) is 53.3 Å². The maximum Gasteiger partial charge on any atom is 0.417 e. The van der Waals surface area contributed by atoms with Gasteiger partial charge in [0.15, 0.2) is 0 Å². The van der Waals surface area contributed by atoms with Crippen molar-refractivity contribution in [2.75, 3.05) is 51.3 Å². The Morgan fingerprint density at radius 3 is 2.49 bits per heavy atom. The van der Waals surface area contributed by atoms with Gasteiger partial charge < -0.3 is 19.3 Å². The minimum Gasteiger partial charge on any atom is -0.495 e. The molecule has 8 nitrogen and oxygen atoms in total. The molecule has 0 bridgehead atoms. The van der Waals surface area contributed by atoms with Gasteiger partial charge >= 0.3 is 6.18 Å². The molecule has 0 saturated carbocycles. The van der Waals surface area contributed by atoms with Gasteiger partial charge in [-0.3, -0.25) is 4.79 Å². The van der Waals surface area contributed by atoms with Crippen LogP contribution in [0, 0.1) is 5.82 Å². The highest BCUT2D eigenvalue weighted by atomic mass is 32.2. The number of ether oxygens (including phenoxy) is 2. The molecule has 2 aliphatic heterocycles. The fourth-order valence-corrected chi connectivity index (χ4v) is 5.52. The third kappa shape index (κ3) is 6.16. The second-order valence-corrected chi connectivity index (χ2v) is 10.6. The molecule has 202 valence electrons. The summed E-state index contributed by atoms with van der Waals surface area (Å²) < 4.78 is 92.7. The number of carbonyl (C=O) groups excluding carboxylic acids is 1. The largest absolute Gasteiger partial charge is 0.495 e. The molecule has 2 heterocycles. The Hall–Kier alpha value is -2.90. The Labute approximate surface area is 212 Å². The van der Waals surface area contributed by atoms with Gasteiger partial charge in [0.1, 0.15) is 11.6 Å². The Bertz CT molecular complexity index is 1240. The molecule has 1 unspecified atom stereocenters. The molecule has 2 aliphatic rings. The third-order valence-corrected chi connectivity index (χ3v) is 7.83. The molecule has 2 aromatic rings. The van der Waals surface area contributed by atoms with E-state index in [1.165, 1.54) is 30.2 Å². The summed E-state index contributed by atoms with van der Waals surface area (Å²) in [6.45, 7) is 1.35. The summed E-state index contributed by atoms with van der Waals surface area (Å²) >= 11 is 0. The van der Waals surface area contributed by atoms with Crippen molar-refractivity contribution in [2.45, 2.75) is 30.0 Å². The van der Waals surface area contributed by atoms with Crippen LogP contribution in [0.2, 0.25) is 0 Å². The molecule has 0 radical (unpaired) electrons. The molecule has 2 fully saturated rings. The molecule has 1 atom stereocenters. The van der Waals surface area contributed by atoms with Crippen LogP contribution >= 0.6 is 0 Å². The predicted octanol–water partition coefficient (Wildman–Crippen LogP) is 3.27. The molecule has 2 saturated heterocycles. The third-order valence-electron chi connectivity index (χ3n) is 6.41. The number of hydrogen-bond donors (Lipinski definition) is 1. The normalized spacial score (nSPS) is 18.8. The van der Waals surface area contributed by atoms with Crippen LogP contribution in [0.4, 0.5) is 23.2 Å². The van der Waals surface area contributed by atoms with Gasteiger partial charge in [0.2, 0.25) is 10.0 Å². The molecule has 37 heavy (non-hydrogen) atoms. The average molecular weight is 546 g/mol. The molecule has 0 aromatic heterocycles. The van der Waals surface area contributed by atoms with Crippen molar-refractivity contribution < 1.29 is 40.2 Å². The first-order valence-corrected chi connectivity index (χ1v) is 13.2. The van der Waals surface area contributed by atoms with Crippen molar-refractivity contribution in [1.82, 2.24) is 9.62 Å². The lowest BCUT2D eigenvalue weighted by atomic mass is 10.0. The van der Waals surface area contributed by atoms with Crippen LogP contribution in [0.3, 0.4) is 0 Å². The summed E-state index contributed by atoms with van der Waals surface area (Å²) in [5.74, 6) is -1.52. The summed E-state index contributed by atoms with van der Waals surface area (Å²) in [6, 6.07) is 6.40. The highest BCUT2D eigenvalue weighted by Gasteiger charge is 2.37. The van der Waals surface area contributed by atoms with Crippen molar-refractivity contribution in [2.24, 2.45) is 0 Å². The number of hydrogen-bond acceptors (Lipinski definition) is 6. The van der Waals surface area contributed by atoms with Crippen LogP contribution in [0.1, 0.15) is 28.8 Å². The number of methoxy groups -OCH3 is 1. The van der Waals surface area contributed by atoms with Crippen LogP contribution in [-0.4, -0.2) is 71.8 Å². The fraction of sp³-hybridized carbons (Fsp3) is 0.458. The number of carbonyl (C=O) groups is 1. The fourth-order valence-electron chi connectivity index (χ4n) is 4.43. The van der Waals surface area contributed by atoms with Crippen molar-refractivity contribution >= 4 is 21.6 Å². The molecule has 0 spiro atoms. The van der Waals surface area contributed by atoms with E-state index in [1.54, 1.807) is 4.90 Å². The van der Waals surface area contributed by atoms with E-state index >= 15 is 0 Å². The molecule has 1 N–H and O–H groups in total. The second-order valence-electron chi connectivity index (χ2n) is 8.79. The molecule has 0 aliphatic carbocycles. The molecule has 2 aromatic carbocycles. The van der Waals surface area contributed by atoms with E-state index in [1.807, 2.05) is 0 Å². The van der Waals surface area contributed by atoms with Gasteiger partial charge in [0.25, 0.3) is 5.91 Å². The summed E-state index contributed by atoms with van der Waals surface area (Å²) in [6.07, 6.45) is -3.39. The lowest BCUT2D eigenvalue weighted by Gasteiger charge is -2.37. The Balaban J connectivity index is 1.48. The monoisotopic (exact) mass is 545 g/mol. The number of nitrogens with zero attached hydrogens (tertiary/aromatic N) is 2. The van der Waals surface area contributed by atoms with E-state index in [4.69, 9.17) is 9.47 Å². The number of amides is 1. The first-order valence-electron chi connectivity index (χ1n) is 11.7. The van der Waals surface area contributed by atoms with Crippen LogP contribution < -0.4 is 14.4 Å². The second kappa shape index (κ2) is 10.8. The van der Waals surface area contributed by atoms with Gasteiger partial charge in [0, 0.05) is 39.3 Å². The van der Waals surface area contributed by atoms with Gasteiger partial charge in [0.05, 0.1) is 34.9 Å². The maximum atomic E-state index is 13.4. The first-order chi connectivity index (χ1) is 17.5. The number of benzene rings is 2. The van der Waals surface area contributed by atoms with Crippen LogP contribution in [0.15, 0.2) is 41.3 Å². The number of anilines is 1. The van der Waals surface area contributed by atoms with E-state index in [0.29, 0.717) is 24.1 Å². The maximum absolute atomic E-state index is 13.4. The highest BCUT2D eigenvalue weighted by Crippen LogP contribution is 2.34. The van der Waals surface area contributed by atoms with Crippen LogP contribution in [0.25, 0.3) is 0 Å².